The first kappa shape index (κ1) is 13.8. The van der Waals surface area contributed by atoms with E-state index in [1.807, 2.05) is 36.0 Å². The van der Waals surface area contributed by atoms with Crippen molar-refractivity contribution in [3.05, 3.63) is 28.7 Å². The molecule has 1 aliphatic rings. The van der Waals surface area contributed by atoms with Crippen LogP contribution in [0, 0.1) is 16.7 Å². The molecule has 0 spiro atoms. The van der Waals surface area contributed by atoms with Crippen molar-refractivity contribution in [2.24, 2.45) is 5.41 Å². The Morgan fingerprint density at radius 1 is 1.39 bits per heavy atom. The quantitative estimate of drug-likeness (QED) is 0.881. The largest absolute Gasteiger partial charge is 0.365 e. The fourth-order valence-corrected chi connectivity index (χ4v) is 4.19. The predicted molar refractivity (Wildman–Crippen MR) is 81.8 cm³/mol. The van der Waals surface area contributed by atoms with Gasteiger partial charge < -0.3 is 5.32 Å². The lowest BCUT2D eigenvalue weighted by Gasteiger charge is -2.46. The first-order valence-corrected chi connectivity index (χ1v) is 7.97. The van der Waals surface area contributed by atoms with E-state index in [0.717, 1.165) is 28.1 Å². The van der Waals surface area contributed by atoms with Gasteiger partial charge >= 0.3 is 0 Å². The van der Waals surface area contributed by atoms with E-state index in [4.69, 9.17) is 0 Å². The predicted octanol–water partition coefficient (Wildman–Crippen LogP) is 4.29. The van der Waals surface area contributed by atoms with Gasteiger partial charge in [-0.2, -0.15) is 17.0 Å². The summed E-state index contributed by atoms with van der Waals surface area (Å²) < 4.78 is 1.01. The minimum Gasteiger partial charge on any atom is -0.365 e. The van der Waals surface area contributed by atoms with Crippen molar-refractivity contribution in [2.75, 3.05) is 16.8 Å². The number of thioether (sulfide) groups is 1. The Morgan fingerprint density at radius 2 is 2.11 bits per heavy atom. The molecule has 1 aromatic carbocycles. The summed E-state index contributed by atoms with van der Waals surface area (Å²) in [6, 6.07) is 10.5. The standard InChI is InChI=1S/C14H17BrN2S/c1-13(2)7-8-18-10-14(13,9-16)17-12-6-4-3-5-11(12)15/h3-6,17H,7-8,10H2,1-2H3. The molecular weight excluding hydrogens is 308 g/mol. The van der Waals surface area contributed by atoms with Crippen molar-refractivity contribution in [3.63, 3.8) is 0 Å². The number of anilines is 1. The summed E-state index contributed by atoms with van der Waals surface area (Å²) in [5.41, 5.74) is 0.469. The van der Waals surface area contributed by atoms with Crippen LogP contribution in [0.25, 0.3) is 0 Å². The normalized spacial score (nSPS) is 26.3. The Kier molecular flexibility index (Phi) is 3.93. The smallest absolute Gasteiger partial charge is 0.139 e. The number of nitriles is 1. The van der Waals surface area contributed by atoms with Gasteiger partial charge in [-0.3, -0.25) is 0 Å². The molecule has 2 nitrogen and oxygen atoms in total. The van der Waals surface area contributed by atoms with Gasteiger partial charge in [0.1, 0.15) is 5.54 Å². The van der Waals surface area contributed by atoms with Crippen LogP contribution in [-0.2, 0) is 0 Å². The van der Waals surface area contributed by atoms with Crippen LogP contribution < -0.4 is 5.32 Å². The number of rotatable bonds is 2. The number of hydrogen-bond donors (Lipinski definition) is 1. The van der Waals surface area contributed by atoms with Crippen molar-refractivity contribution in [1.29, 1.82) is 5.26 Å². The number of hydrogen-bond acceptors (Lipinski definition) is 3. The maximum Gasteiger partial charge on any atom is 0.139 e. The van der Waals surface area contributed by atoms with E-state index in [2.05, 4.69) is 41.2 Å². The molecular formula is C14H17BrN2S. The van der Waals surface area contributed by atoms with Gasteiger partial charge in [0, 0.05) is 21.3 Å². The van der Waals surface area contributed by atoms with Crippen LogP contribution in [0.1, 0.15) is 20.3 Å². The highest BCUT2D eigenvalue weighted by atomic mass is 79.9. The van der Waals surface area contributed by atoms with Crippen LogP contribution in [0.3, 0.4) is 0 Å². The second-order valence-electron chi connectivity index (χ2n) is 5.31. The third-order valence-electron chi connectivity index (χ3n) is 3.76. The zero-order valence-corrected chi connectivity index (χ0v) is 13.1. The molecule has 0 amide bonds. The first-order valence-electron chi connectivity index (χ1n) is 6.02. The molecule has 0 aromatic heterocycles. The van der Waals surface area contributed by atoms with Crippen LogP contribution in [0.5, 0.6) is 0 Å². The van der Waals surface area contributed by atoms with Gasteiger partial charge in [-0.25, -0.2) is 0 Å². The summed E-state index contributed by atoms with van der Waals surface area (Å²) in [5, 5.41) is 13.2. The van der Waals surface area contributed by atoms with Crippen molar-refractivity contribution in [2.45, 2.75) is 25.8 Å². The van der Waals surface area contributed by atoms with Crippen LogP contribution in [-0.4, -0.2) is 17.0 Å². The number of halogens is 1. The zero-order chi connectivity index (χ0) is 13.2. The van der Waals surface area contributed by atoms with Gasteiger partial charge in [-0.15, -0.1) is 0 Å². The summed E-state index contributed by atoms with van der Waals surface area (Å²) in [6.07, 6.45) is 1.06. The van der Waals surface area contributed by atoms with Crippen LogP contribution >= 0.6 is 27.7 Å². The third-order valence-corrected chi connectivity index (χ3v) is 5.58. The van der Waals surface area contributed by atoms with Crippen molar-refractivity contribution >= 4 is 33.4 Å². The Balaban J connectivity index is 2.34. The molecule has 18 heavy (non-hydrogen) atoms. The van der Waals surface area contributed by atoms with E-state index in [9.17, 15) is 5.26 Å². The minimum absolute atomic E-state index is 0.0255. The van der Waals surface area contributed by atoms with Crippen LogP contribution in [0.2, 0.25) is 0 Å². The molecule has 1 atom stereocenters. The monoisotopic (exact) mass is 324 g/mol. The fraction of sp³-hybridized carbons (Fsp3) is 0.500. The molecule has 4 heteroatoms. The topological polar surface area (TPSA) is 35.8 Å². The van der Waals surface area contributed by atoms with E-state index >= 15 is 0 Å². The average molecular weight is 325 g/mol. The molecule has 1 heterocycles. The molecule has 1 N–H and O–H groups in total. The van der Waals surface area contributed by atoms with Crippen molar-refractivity contribution < 1.29 is 0 Å². The molecule has 96 valence electrons. The average Bonchev–Trinajstić information content (AvgIpc) is 2.34. The van der Waals surface area contributed by atoms with Gasteiger partial charge in [0.25, 0.3) is 0 Å². The summed E-state index contributed by atoms with van der Waals surface area (Å²) in [5.74, 6) is 1.96. The Hall–Kier alpha value is -0.660. The minimum atomic E-state index is -0.500. The van der Waals surface area contributed by atoms with Crippen molar-refractivity contribution in [3.8, 4) is 6.07 Å². The van der Waals surface area contributed by atoms with Gasteiger partial charge in [-0.05, 0) is 40.2 Å². The number of para-hydroxylation sites is 1. The third kappa shape index (κ3) is 2.39. The number of benzene rings is 1. The van der Waals surface area contributed by atoms with Gasteiger partial charge in [0.05, 0.1) is 6.07 Å². The SMILES string of the molecule is CC1(C)CCSCC1(C#N)Nc1ccccc1Br. The van der Waals surface area contributed by atoms with E-state index in [-0.39, 0.29) is 5.41 Å². The molecule has 1 aromatic rings. The summed E-state index contributed by atoms with van der Waals surface area (Å²) in [4.78, 5) is 0. The highest BCUT2D eigenvalue weighted by Gasteiger charge is 2.47. The zero-order valence-electron chi connectivity index (χ0n) is 10.7. The summed E-state index contributed by atoms with van der Waals surface area (Å²) >= 11 is 5.39. The molecule has 0 saturated carbocycles. The molecule has 1 fully saturated rings. The lowest BCUT2D eigenvalue weighted by molar-refractivity contribution is 0.248. The second kappa shape index (κ2) is 5.14. The molecule has 1 unspecified atom stereocenters. The Labute approximate surface area is 121 Å². The van der Waals surface area contributed by atoms with Gasteiger partial charge in [0.15, 0.2) is 0 Å². The second-order valence-corrected chi connectivity index (χ2v) is 7.27. The summed E-state index contributed by atoms with van der Waals surface area (Å²) in [7, 11) is 0. The molecule has 0 bridgehead atoms. The molecule has 1 aliphatic heterocycles. The number of nitrogens with one attached hydrogen (secondary N) is 1. The highest BCUT2D eigenvalue weighted by Crippen LogP contribution is 2.44. The fourth-order valence-electron chi connectivity index (χ4n) is 2.17. The highest BCUT2D eigenvalue weighted by molar-refractivity contribution is 9.10. The van der Waals surface area contributed by atoms with Crippen molar-refractivity contribution in [1.82, 2.24) is 0 Å². The first-order chi connectivity index (χ1) is 8.51. The molecule has 1 saturated heterocycles. The maximum atomic E-state index is 9.69. The lowest BCUT2D eigenvalue weighted by Crippen LogP contribution is -2.54. The van der Waals surface area contributed by atoms with Gasteiger partial charge in [0.2, 0.25) is 0 Å². The van der Waals surface area contributed by atoms with E-state index in [1.54, 1.807) is 0 Å². The maximum absolute atomic E-state index is 9.69. The van der Waals surface area contributed by atoms with Crippen LogP contribution in [0.15, 0.2) is 28.7 Å². The van der Waals surface area contributed by atoms with Crippen LogP contribution in [0.4, 0.5) is 5.69 Å². The Bertz CT molecular complexity index is 481. The Morgan fingerprint density at radius 3 is 2.72 bits per heavy atom. The molecule has 2 rings (SSSR count). The lowest BCUT2D eigenvalue weighted by atomic mass is 9.71. The molecule has 0 aliphatic carbocycles. The van der Waals surface area contributed by atoms with E-state index in [0.29, 0.717) is 0 Å². The van der Waals surface area contributed by atoms with E-state index in [1.165, 1.54) is 0 Å². The summed E-state index contributed by atoms with van der Waals surface area (Å²) in [6.45, 7) is 4.36. The molecule has 0 radical (unpaired) electrons. The van der Waals surface area contributed by atoms with Gasteiger partial charge in [-0.1, -0.05) is 26.0 Å². The number of nitrogens with zero attached hydrogens (tertiary/aromatic N) is 1. The van der Waals surface area contributed by atoms with E-state index < -0.39 is 5.54 Å².